The molecule has 1 aromatic rings. The van der Waals surface area contributed by atoms with Crippen LogP contribution < -0.4 is 14.7 Å². The van der Waals surface area contributed by atoms with E-state index in [1.807, 2.05) is 0 Å². The molecule has 156 valence electrons. The van der Waals surface area contributed by atoms with E-state index >= 15 is 0 Å². The predicted octanol–water partition coefficient (Wildman–Crippen LogP) is -1.13. The minimum absolute atomic E-state index is 0.0462. The molecule has 4 aliphatic rings. The van der Waals surface area contributed by atoms with Crippen LogP contribution in [0.4, 0.5) is 0 Å². The molecule has 0 bridgehead atoms. The van der Waals surface area contributed by atoms with Crippen molar-refractivity contribution in [3.63, 3.8) is 0 Å². The molecule has 0 aromatic heterocycles. The Bertz CT molecular complexity index is 887. The number of rotatable bonds is 4. The summed E-state index contributed by atoms with van der Waals surface area (Å²) in [6.07, 6.45) is 0.0178. The van der Waals surface area contributed by atoms with E-state index in [0.29, 0.717) is 38.0 Å². The molecular formula is C18H22BN2O8-. The second kappa shape index (κ2) is 6.33. The SMILES string of the molecule is O=C(O)c1c(OC2CN(C(=O)[C@H]3C[C@H](O)CN3)C2)ccc2c1O[B-](O)(O)[C@@H]1C[C@H]21. The molecular weight excluding hydrogens is 383 g/mol. The van der Waals surface area contributed by atoms with Gasteiger partial charge in [0, 0.05) is 6.54 Å². The molecule has 29 heavy (non-hydrogen) atoms. The van der Waals surface area contributed by atoms with Gasteiger partial charge >= 0.3 is 12.7 Å². The molecule has 1 amide bonds. The number of carboxylic acid groups (broad SMARTS) is 1. The van der Waals surface area contributed by atoms with Gasteiger partial charge in [0.15, 0.2) is 0 Å². The van der Waals surface area contributed by atoms with Gasteiger partial charge in [-0.2, -0.15) is 0 Å². The topological polar surface area (TPSA) is 149 Å². The quantitative estimate of drug-likeness (QED) is 0.393. The first-order chi connectivity index (χ1) is 13.7. The molecule has 5 N–H and O–H groups in total. The fraction of sp³-hybridized carbons (Fsp3) is 0.556. The summed E-state index contributed by atoms with van der Waals surface area (Å²) >= 11 is 0. The van der Waals surface area contributed by atoms with E-state index in [1.165, 1.54) is 0 Å². The van der Waals surface area contributed by atoms with Crippen LogP contribution in [0.1, 0.15) is 34.7 Å². The fourth-order valence-electron chi connectivity index (χ4n) is 4.61. The third-order valence-electron chi connectivity index (χ3n) is 6.31. The van der Waals surface area contributed by atoms with Crippen molar-refractivity contribution < 1.29 is 39.2 Å². The Hall–Kier alpha value is -2.34. The lowest BCUT2D eigenvalue weighted by Crippen LogP contribution is -2.59. The molecule has 1 aliphatic carbocycles. The number of hydrogen-bond acceptors (Lipinski definition) is 8. The highest BCUT2D eigenvalue weighted by atomic mass is 16.6. The number of carbonyl (C=O) groups excluding carboxylic acids is 1. The van der Waals surface area contributed by atoms with Crippen molar-refractivity contribution in [2.24, 2.45) is 0 Å². The monoisotopic (exact) mass is 405 g/mol. The smallest absolute Gasteiger partial charge is 0.434 e. The highest BCUT2D eigenvalue weighted by Gasteiger charge is 2.55. The summed E-state index contributed by atoms with van der Waals surface area (Å²) < 4.78 is 11.1. The number of amides is 1. The Kier molecular flexibility index (Phi) is 4.08. The first kappa shape index (κ1) is 18.7. The molecule has 1 aromatic carbocycles. The van der Waals surface area contributed by atoms with Gasteiger partial charge in [-0.15, -0.1) is 0 Å². The van der Waals surface area contributed by atoms with Crippen molar-refractivity contribution >= 4 is 18.6 Å². The normalized spacial score (nSPS) is 31.9. The van der Waals surface area contributed by atoms with Crippen LogP contribution in [0.2, 0.25) is 5.82 Å². The van der Waals surface area contributed by atoms with Crippen LogP contribution in [0.15, 0.2) is 12.1 Å². The molecule has 3 aliphatic heterocycles. The average Bonchev–Trinajstić information content (AvgIpc) is 3.32. The Morgan fingerprint density at radius 3 is 2.66 bits per heavy atom. The molecule has 11 heteroatoms. The standard InChI is InChI=1S/C18H22BN2O8/c22-8-3-13(20-5-8)17(23)21-6-9(7-21)28-14-2-1-10-11-4-12(11)19(26,27)29-16(10)15(14)18(24)25/h1-2,8-9,11-13,20,22,26-27H,3-7H2,(H,24,25)/q-1/t8-,11+,12+,13+/m0/s1. The van der Waals surface area contributed by atoms with Crippen LogP contribution in [-0.4, -0.2) is 81.7 Å². The number of carboxylic acids is 1. The van der Waals surface area contributed by atoms with E-state index in [4.69, 9.17) is 9.39 Å². The van der Waals surface area contributed by atoms with Gasteiger partial charge in [-0.1, -0.05) is 18.3 Å². The molecule has 4 atom stereocenters. The fourth-order valence-corrected chi connectivity index (χ4v) is 4.61. The van der Waals surface area contributed by atoms with Gasteiger partial charge < -0.3 is 39.9 Å². The highest BCUT2D eigenvalue weighted by Crippen LogP contribution is 2.63. The van der Waals surface area contributed by atoms with Crippen LogP contribution >= 0.6 is 0 Å². The maximum atomic E-state index is 12.4. The molecule has 5 rings (SSSR count). The number of nitrogens with zero attached hydrogens (tertiary/aromatic N) is 1. The minimum atomic E-state index is -3.09. The number of hydrogen-bond donors (Lipinski definition) is 5. The molecule has 10 nitrogen and oxygen atoms in total. The van der Waals surface area contributed by atoms with E-state index in [9.17, 15) is 29.9 Å². The summed E-state index contributed by atoms with van der Waals surface area (Å²) in [5.74, 6) is -1.87. The first-order valence-electron chi connectivity index (χ1n) is 9.80. The molecule has 0 radical (unpaired) electrons. The number of nitrogens with one attached hydrogen (secondary N) is 1. The summed E-state index contributed by atoms with van der Waals surface area (Å²) in [5.41, 5.74) is 0.421. The van der Waals surface area contributed by atoms with Crippen LogP contribution in [-0.2, 0) is 4.79 Å². The third-order valence-corrected chi connectivity index (χ3v) is 6.31. The Morgan fingerprint density at radius 2 is 2.00 bits per heavy atom. The van der Waals surface area contributed by atoms with E-state index in [2.05, 4.69) is 5.32 Å². The van der Waals surface area contributed by atoms with Crippen molar-refractivity contribution in [1.29, 1.82) is 0 Å². The number of fused-ring (bicyclic) bond motifs is 3. The lowest BCUT2D eigenvalue weighted by Gasteiger charge is -2.41. The number of aliphatic hydroxyl groups excluding tert-OH is 1. The lowest BCUT2D eigenvalue weighted by atomic mass is 9.68. The largest absolute Gasteiger partial charge is 0.669 e. The van der Waals surface area contributed by atoms with Gasteiger partial charge in [-0.3, -0.25) is 4.79 Å². The zero-order valence-electron chi connectivity index (χ0n) is 15.5. The van der Waals surface area contributed by atoms with Gasteiger partial charge in [0.2, 0.25) is 5.91 Å². The molecule has 0 spiro atoms. The average molecular weight is 405 g/mol. The predicted molar refractivity (Wildman–Crippen MR) is 98.7 cm³/mol. The van der Waals surface area contributed by atoms with Crippen molar-refractivity contribution in [3.05, 3.63) is 23.3 Å². The van der Waals surface area contributed by atoms with E-state index in [-0.39, 0.29) is 35.0 Å². The molecule has 1 saturated carbocycles. The minimum Gasteiger partial charge on any atom is -0.669 e. The first-order valence-corrected chi connectivity index (χ1v) is 9.80. The number of likely N-dealkylation sites (tertiary alicyclic amines) is 1. The van der Waals surface area contributed by atoms with Gasteiger partial charge in [-0.25, -0.2) is 4.79 Å². The summed E-state index contributed by atoms with van der Waals surface area (Å²) in [6, 6.07) is 2.86. The maximum Gasteiger partial charge on any atom is 0.434 e. The zero-order chi connectivity index (χ0) is 20.5. The van der Waals surface area contributed by atoms with Crippen molar-refractivity contribution in [2.45, 2.75) is 42.8 Å². The Morgan fingerprint density at radius 1 is 1.24 bits per heavy atom. The number of aromatic carboxylic acids is 1. The van der Waals surface area contributed by atoms with Crippen LogP contribution in [0.25, 0.3) is 0 Å². The molecule has 3 fully saturated rings. The number of aliphatic hydroxyl groups is 1. The molecule has 2 saturated heterocycles. The summed E-state index contributed by atoms with van der Waals surface area (Å²) in [5, 5.41) is 42.4. The van der Waals surface area contributed by atoms with E-state index in [0.717, 1.165) is 0 Å². The summed E-state index contributed by atoms with van der Waals surface area (Å²) in [7, 11) is 0. The molecule has 0 unspecified atom stereocenters. The van der Waals surface area contributed by atoms with Crippen molar-refractivity contribution in [2.75, 3.05) is 19.6 Å². The zero-order valence-corrected chi connectivity index (χ0v) is 15.5. The van der Waals surface area contributed by atoms with Crippen LogP contribution in [0.3, 0.4) is 0 Å². The third kappa shape index (κ3) is 3.05. The number of β-amino-alcohol motifs (C(OH)–C–C–N with tert-alkyl or cyclic N) is 1. The van der Waals surface area contributed by atoms with Crippen LogP contribution in [0.5, 0.6) is 11.5 Å². The maximum absolute atomic E-state index is 12.4. The summed E-state index contributed by atoms with van der Waals surface area (Å²) in [4.78, 5) is 25.9. The second-order valence-corrected chi connectivity index (χ2v) is 8.38. The second-order valence-electron chi connectivity index (χ2n) is 8.38. The number of ether oxygens (including phenoxy) is 1. The van der Waals surface area contributed by atoms with Gasteiger partial charge in [-0.05, 0) is 24.0 Å². The van der Waals surface area contributed by atoms with Crippen LogP contribution in [0, 0.1) is 0 Å². The Balaban J connectivity index is 1.30. The van der Waals surface area contributed by atoms with Gasteiger partial charge in [0.25, 0.3) is 0 Å². The van der Waals surface area contributed by atoms with Gasteiger partial charge in [0.05, 0.1) is 31.0 Å². The van der Waals surface area contributed by atoms with Crippen molar-refractivity contribution in [1.82, 2.24) is 10.2 Å². The van der Waals surface area contributed by atoms with Gasteiger partial charge in [0.1, 0.15) is 17.4 Å². The molecule has 3 heterocycles. The number of benzene rings is 1. The number of carbonyl (C=O) groups is 2. The van der Waals surface area contributed by atoms with E-state index < -0.39 is 30.7 Å². The summed E-state index contributed by atoms with van der Waals surface area (Å²) in [6.45, 7) is -2.09. The Labute approximate surface area is 166 Å². The lowest BCUT2D eigenvalue weighted by molar-refractivity contribution is -0.142. The van der Waals surface area contributed by atoms with E-state index in [1.54, 1.807) is 17.0 Å². The van der Waals surface area contributed by atoms with Crippen molar-refractivity contribution in [3.8, 4) is 11.5 Å². The highest BCUT2D eigenvalue weighted by molar-refractivity contribution is 6.62.